The van der Waals surface area contributed by atoms with E-state index in [1.54, 1.807) is 0 Å². The Labute approximate surface area is 132 Å². The molecule has 0 aliphatic rings. The number of rotatable bonds is 5. The van der Waals surface area contributed by atoms with Crippen molar-refractivity contribution in [2.45, 2.75) is 26.8 Å². The van der Waals surface area contributed by atoms with E-state index >= 15 is 0 Å². The van der Waals surface area contributed by atoms with Crippen LogP contribution in [0, 0.1) is 0 Å². The summed E-state index contributed by atoms with van der Waals surface area (Å²) in [6, 6.07) is 7.65. The highest BCUT2D eigenvalue weighted by atomic mass is 79.9. The van der Waals surface area contributed by atoms with E-state index in [2.05, 4.69) is 38.6 Å². The third-order valence-corrected chi connectivity index (χ3v) is 4.06. The van der Waals surface area contributed by atoms with E-state index < -0.39 is 0 Å². The van der Waals surface area contributed by atoms with Crippen LogP contribution >= 0.6 is 15.9 Å². The van der Waals surface area contributed by atoms with Crippen LogP contribution in [0.2, 0.25) is 0 Å². The average Bonchev–Trinajstić information content (AvgIpc) is 2.71. The molecule has 1 heterocycles. The maximum absolute atomic E-state index is 11.1. The number of carbonyl (C=O) groups excluding carboxylic acids is 1. The Morgan fingerprint density at radius 2 is 2.10 bits per heavy atom. The van der Waals surface area contributed by atoms with Crippen LogP contribution in [0.25, 0.3) is 0 Å². The van der Waals surface area contributed by atoms with Crippen LogP contribution in [0.4, 0.5) is 11.4 Å². The highest BCUT2D eigenvalue weighted by molar-refractivity contribution is 9.10. The summed E-state index contributed by atoms with van der Waals surface area (Å²) < 4.78 is 2.94. The second-order valence-corrected chi connectivity index (χ2v) is 5.59. The standard InChI is InChI=1S/C15H19BrN4O/c1-4-13-15(16)14(20(3)19-13)9-17-11-6-5-7-12(8-11)18-10(2)21/h5-8,17H,4,9H2,1-3H3,(H,18,21). The number of nitrogens with one attached hydrogen (secondary N) is 2. The minimum atomic E-state index is -0.0749. The molecule has 6 heteroatoms. The van der Waals surface area contributed by atoms with Crippen molar-refractivity contribution in [3.8, 4) is 0 Å². The van der Waals surface area contributed by atoms with Crippen molar-refractivity contribution >= 4 is 33.2 Å². The molecule has 0 fully saturated rings. The van der Waals surface area contributed by atoms with Gasteiger partial charge >= 0.3 is 0 Å². The van der Waals surface area contributed by atoms with Crippen molar-refractivity contribution in [1.82, 2.24) is 9.78 Å². The maximum atomic E-state index is 11.1. The third kappa shape index (κ3) is 3.85. The van der Waals surface area contributed by atoms with E-state index in [0.29, 0.717) is 6.54 Å². The first-order valence-electron chi connectivity index (χ1n) is 6.83. The molecular weight excluding hydrogens is 332 g/mol. The van der Waals surface area contributed by atoms with Gasteiger partial charge in [0.15, 0.2) is 0 Å². The molecule has 1 aromatic heterocycles. The first kappa shape index (κ1) is 15.6. The zero-order valence-corrected chi connectivity index (χ0v) is 14.0. The monoisotopic (exact) mass is 350 g/mol. The molecule has 0 unspecified atom stereocenters. The van der Waals surface area contributed by atoms with E-state index in [1.165, 1.54) is 6.92 Å². The summed E-state index contributed by atoms with van der Waals surface area (Å²) in [5.41, 5.74) is 3.89. The van der Waals surface area contributed by atoms with Crippen LogP contribution in [-0.4, -0.2) is 15.7 Å². The van der Waals surface area contributed by atoms with E-state index in [4.69, 9.17) is 0 Å². The largest absolute Gasteiger partial charge is 0.379 e. The maximum Gasteiger partial charge on any atom is 0.221 e. The number of amides is 1. The number of nitrogens with zero attached hydrogens (tertiary/aromatic N) is 2. The van der Waals surface area contributed by atoms with Crippen molar-refractivity contribution in [3.63, 3.8) is 0 Å². The number of halogens is 1. The van der Waals surface area contributed by atoms with Gasteiger partial charge in [0.05, 0.1) is 22.4 Å². The predicted molar refractivity (Wildman–Crippen MR) is 88.4 cm³/mol. The molecule has 2 aromatic rings. The molecule has 2 rings (SSSR count). The zero-order valence-electron chi connectivity index (χ0n) is 12.4. The van der Waals surface area contributed by atoms with E-state index in [9.17, 15) is 4.79 Å². The van der Waals surface area contributed by atoms with Gasteiger partial charge in [0.2, 0.25) is 5.91 Å². The fraction of sp³-hybridized carbons (Fsp3) is 0.333. The van der Waals surface area contributed by atoms with Gasteiger partial charge in [-0.25, -0.2) is 0 Å². The Morgan fingerprint density at radius 3 is 2.71 bits per heavy atom. The van der Waals surface area contributed by atoms with Gasteiger partial charge in [-0.3, -0.25) is 9.48 Å². The number of hydrogen-bond acceptors (Lipinski definition) is 3. The van der Waals surface area contributed by atoms with E-state index in [0.717, 1.165) is 33.7 Å². The SMILES string of the molecule is CCc1nn(C)c(CNc2cccc(NC(C)=O)c2)c1Br. The van der Waals surface area contributed by atoms with Gasteiger partial charge in [-0.2, -0.15) is 5.10 Å². The summed E-state index contributed by atoms with van der Waals surface area (Å²) in [7, 11) is 1.94. The van der Waals surface area contributed by atoms with Gasteiger partial charge in [-0.05, 0) is 40.5 Å². The molecule has 0 saturated heterocycles. The van der Waals surface area contributed by atoms with Gasteiger partial charge in [-0.15, -0.1) is 0 Å². The average molecular weight is 351 g/mol. The smallest absolute Gasteiger partial charge is 0.221 e. The number of anilines is 2. The van der Waals surface area contributed by atoms with Gasteiger partial charge in [0.25, 0.3) is 0 Å². The molecule has 0 aliphatic carbocycles. The Bertz CT molecular complexity index is 651. The van der Waals surface area contributed by atoms with Crippen molar-refractivity contribution < 1.29 is 4.79 Å². The molecule has 1 amide bonds. The summed E-state index contributed by atoms with van der Waals surface area (Å²) >= 11 is 3.60. The Morgan fingerprint density at radius 1 is 1.38 bits per heavy atom. The molecule has 1 aromatic carbocycles. The summed E-state index contributed by atoms with van der Waals surface area (Å²) in [5.74, 6) is -0.0749. The number of hydrogen-bond donors (Lipinski definition) is 2. The van der Waals surface area contributed by atoms with E-state index in [-0.39, 0.29) is 5.91 Å². The number of benzene rings is 1. The van der Waals surface area contributed by atoms with Gasteiger partial charge in [0.1, 0.15) is 0 Å². The van der Waals surface area contributed by atoms with Crippen molar-refractivity contribution in [2.75, 3.05) is 10.6 Å². The second-order valence-electron chi connectivity index (χ2n) is 4.80. The Balaban J connectivity index is 2.09. The fourth-order valence-corrected chi connectivity index (χ4v) is 2.86. The lowest BCUT2D eigenvalue weighted by molar-refractivity contribution is -0.114. The highest BCUT2D eigenvalue weighted by Crippen LogP contribution is 2.23. The molecule has 5 nitrogen and oxygen atoms in total. The summed E-state index contributed by atoms with van der Waals surface area (Å²) in [4.78, 5) is 11.1. The first-order chi connectivity index (χ1) is 10.0. The summed E-state index contributed by atoms with van der Waals surface area (Å²) in [6.07, 6.45) is 0.895. The summed E-state index contributed by atoms with van der Waals surface area (Å²) in [6.45, 7) is 4.24. The van der Waals surface area contributed by atoms with Gasteiger partial charge in [-0.1, -0.05) is 13.0 Å². The molecule has 2 N–H and O–H groups in total. The lowest BCUT2D eigenvalue weighted by atomic mass is 10.2. The van der Waals surface area contributed by atoms with E-state index in [1.807, 2.05) is 36.0 Å². The third-order valence-electron chi connectivity index (χ3n) is 3.15. The Hall–Kier alpha value is -1.82. The minimum absolute atomic E-state index is 0.0749. The molecule has 112 valence electrons. The zero-order chi connectivity index (χ0) is 15.4. The topological polar surface area (TPSA) is 59.0 Å². The quantitative estimate of drug-likeness (QED) is 0.869. The first-order valence-corrected chi connectivity index (χ1v) is 7.62. The van der Waals surface area contributed by atoms with Crippen molar-refractivity contribution in [2.24, 2.45) is 7.05 Å². The van der Waals surface area contributed by atoms with Gasteiger partial charge in [0, 0.05) is 25.3 Å². The molecular formula is C15H19BrN4O. The van der Waals surface area contributed by atoms with Crippen LogP contribution in [0.1, 0.15) is 25.2 Å². The molecule has 0 spiro atoms. The lowest BCUT2D eigenvalue weighted by Gasteiger charge is -2.09. The van der Waals surface area contributed by atoms with Crippen LogP contribution < -0.4 is 10.6 Å². The second kappa shape index (κ2) is 6.76. The molecule has 0 saturated carbocycles. The highest BCUT2D eigenvalue weighted by Gasteiger charge is 2.12. The fourth-order valence-electron chi connectivity index (χ4n) is 2.11. The lowest BCUT2D eigenvalue weighted by Crippen LogP contribution is -2.08. The van der Waals surface area contributed by atoms with Crippen molar-refractivity contribution in [3.05, 3.63) is 40.1 Å². The van der Waals surface area contributed by atoms with Crippen LogP contribution in [0.15, 0.2) is 28.7 Å². The number of aromatic nitrogens is 2. The molecule has 0 bridgehead atoms. The molecule has 0 aliphatic heterocycles. The van der Waals surface area contributed by atoms with Crippen LogP contribution in [0.5, 0.6) is 0 Å². The van der Waals surface area contributed by atoms with Crippen LogP contribution in [0.3, 0.4) is 0 Å². The predicted octanol–water partition coefficient (Wildman–Crippen LogP) is 3.32. The van der Waals surface area contributed by atoms with Crippen molar-refractivity contribution in [1.29, 1.82) is 0 Å². The minimum Gasteiger partial charge on any atom is -0.379 e. The van der Waals surface area contributed by atoms with Gasteiger partial charge < -0.3 is 10.6 Å². The normalized spacial score (nSPS) is 10.5. The Kier molecular flexibility index (Phi) is 5.01. The molecule has 0 radical (unpaired) electrons. The number of aryl methyl sites for hydroxylation is 2. The van der Waals surface area contributed by atoms with Crippen LogP contribution in [-0.2, 0) is 24.8 Å². The summed E-state index contributed by atoms with van der Waals surface area (Å²) in [5, 5.41) is 10.6. The molecule has 21 heavy (non-hydrogen) atoms. The molecule has 0 atom stereocenters. The number of carbonyl (C=O) groups is 1.